The highest BCUT2D eigenvalue weighted by Crippen LogP contribution is 2.28. The molecule has 0 aliphatic carbocycles. The van der Waals surface area contributed by atoms with Crippen LogP contribution in [-0.4, -0.2) is 20.3 Å². The smallest absolute Gasteiger partial charge is 0.275 e. The lowest BCUT2D eigenvalue weighted by Crippen LogP contribution is -2.13. The van der Waals surface area contributed by atoms with E-state index < -0.39 is 0 Å². The number of aryl methyl sites for hydroxylation is 2. The number of nitrogens with zero attached hydrogens (tertiary/aromatic N) is 3. The molecule has 0 aliphatic heterocycles. The molecule has 5 rings (SSSR count). The Labute approximate surface area is 169 Å². The largest absolute Gasteiger partial charge is 0.296 e. The van der Waals surface area contributed by atoms with E-state index in [2.05, 4.69) is 40.4 Å². The van der Waals surface area contributed by atoms with Crippen LogP contribution in [0.2, 0.25) is 0 Å². The normalized spacial score (nSPS) is 11.4. The van der Waals surface area contributed by atoms with Gasteiger partial charge >= 0.3 is 0 Å². The molecule has 1 amide bonds. The van der Waals surface area contributed by atoms with Gasteiger partial charge in [0, 0.05) is 17.1 Å². The molecular weight excluding hydrogens is 388 g/mol. The fourth-order valence-electron chi connectivity index (χ4n) is 3.06. The summed E-state index contributed by atoms with van der Waals surface area (Å²) in [5.74, 6) is -0.185. The molecular formula is C21H16N4OS2. The predicted molar refractivity (Wildman–Crippen MR) is 116 cm³/mol. The second kappa shape index (κ2) is 6.54. The lowest BCUT2D eigenvalue weighted by molar-refractivity contribution is 0.102. The number of carbonyl (C=O) groups is 1. The molecule has 5 aromatic rings. The Kier molecular flexibility index (Phi) is 3.99. The number of anilines is 1. The number of hydrogen-bond donors (Lipinski definition) is 1. The van der Waals surface area contributed by atoms with E-state index in [0.717, 1.165) is 26.4 Å². The zero-order valence-electron chi connectivity index (χ0n) is 15.3. The van der Waals surface area contributed by atoms with Crippen LogP contribution in [0.25, 0.3) is 26.4 Å². The van der Waals surface area contributed by atoms with Crippen molar-refractivity contribution in [3.05, 3.63) is 70.9 Å². The van der Waals surface area contributed by atoms with Crippen LogP contribution in [0.1, 0.15) is 21.6 Å². The Morgan fingerprint density at radius 3 is 2.64 bits per heavy atom. The second-order valence-electron chi connectivity index (χ2n) is 6.71. The minimum atomic E-state index is -0.185. The van der Waals surface area contributed by atoms with Gasteiger partial charge in [0.1, 0.15) is 5.69 Å². The molecule has 0 saturated heterocycles. The number of rotatable bonds is 3. The van der Waals surface area contributed by atoms with Gasteiger partial charge in [-0.15, -0.1) is 11.3 Å². The standard InChI is InChI=1S/C21H16N4OS2/c1-12-3-6-14(7-4-12)16-10-25-17(11-27-21(25)23-16)19(26)24-20-22-15-8-5-13(2)9-18(15)28-20/h3-11H,1-2H3,(H,22,24,26). The van der Waals surface area contributed by atoms with Crippen molar-refractivity contribution in [3.8, 4) is 11.3 Å². The SMILES string of the molecule is Cc1ccc(-c2cn3c(C(=O)Nc4nc5ccc(C)cc5s4)csc3n2)cc1. The summed E-state index contributed by atoms with van der Waals surface area (Å²) in [6.07, 6.45) is 1.91. The zero-order chi connectivity index (χ0) is 19.3. The van der Waals surface area contributed by atoms with Gasteiger partial charge in [-0.25, -0.2) is 9.97 Å². The lowest BCUT2D eigenvalue weighted by atomic mass is 10.1. The maximum atomic E-state index is 12.8. The number of fused-ring (bicyclic) bond motifs is 2. The van der Waals surface area contributed by atoms with Crippen molar-refractivity contribution in [1.82, 2.24) is 14.4 Å². The van der Waals surface area contributed by atoms with Gasteiger partial charge in [0.2, 0.25) is 0 Å². The number of hydrogen-bond acceptors (Lipinski definition) is 5. The molecule has 1 N–H and O–H groups in total. The minimum absolute atomic E-state index is 0.185. The molecule has 2 aromatic carbocycles. The number of nitrogens with one attached hydrogen (secondary N) is 1. The van der Waals surface area contributed by atoms with Crippen LogP contribution >= 0.6 is 22.7 Å². The molecule has 0 bridgehead atoms. The van der Waals surface area contributed by atoms with Crippen molar-refractivity contribution in [2.75, 3.05) is 5.32 Å². The number of aromatic nitrogens is 3. The molecule has 0 aliphatic rings. The first-order valence-electron chi connectivity index (χ1n) is 8.79. The summed E-state index contributed by atoms with van der Waals surface area (Å²) < 4.78 is 2.90. The van der Waals surface area contributed by atoms with Crippen LogP contribution in [0, 0.1) is 13.8 Å². The molecule has 0 fully saturated rings. The van der Waals surface area contributed by atoms with E-state index in [1.807, 2.05) is 47.2 Å². The third-order valence-corrected chi connectivity index (χ3v) is 6.33. The van der Waals surface area contributed by atoms with E-state index in [1.54, 1.807) is 0 Å². The fourth-order valence-corrected chi connectivity index (χ4v) is 4.87. The lowest BCUT2D eigenvalue weighted by Gasteiger charge is -2.00. The van der Waals surface area contributed by atoms with Crippen LogP contribution in [0.5, 0.6) is 0 Å². The van der Waals surface area contributed by atoms with Crippen LogP contribution in [0.4, 0.5) is 5.13 Å². The third-order valence-electron chi connectivity index (χ3n) is 4.55. The average Bonchev–Trinajstić information content (AvgIpc) is 3.35. The Morgan fingerprint density at radius 2 is 1.82 bits per heavy atom. The van der Waals surface area contributed by atoms with Crippen LogP contribution < -0.4 is 5.32 Å². The molecule has 0 atom stereocenters. The quantitative estimate of drug-likeness (QED) is 0.429. The number of benzene rings is 2. The molecule has 0 spiro atoms. The summed E-state index contributed by atoms with van der Waals surface area (Å²) in [7, 11) is 0. The van der Waals surface area contributed by atoms with Gasteiger partial charge in [-0.05, 0) is 31.5 Å². The minimum Gasteiger partial charge on any atom is -0.296 e. The summed E-state index contributed by atoms with van der Waals surface area (Å²) in [6, 6.07) is 14.3. The maximum absolute atomic E-state index is 12.8. The van der Waals surface area contributed by atoms with E-state index in [0.29, 0.717) is 10.8 Å². The first-order valence-corrected chi connectivity index (χ1v) is 10.5. The topological polar surface area (TPSA) is 59.3 Å². The summed E-state index contributed by atoms with van der Waals surface area (Å²) in [4.78, 5) is 22.8. The molecule has 0 radical (unpaired) electrons. The summed E-state index contributed by atoms with van der Waals surface area (Å²) >= 11 is 2.93. The fraction of sp³-hybridized carbons (Fsp3) is 0.0952. The van der Waals surface area contributed by atoms with Crippen molar-refractivity contribution >= 4 is 48.9 Å². The van der Waals surface area contributed by atoms with Crippen molar-refractivity contribution in [2.45, 2.75) is 13.8 Å². The maximum Gasteiger partial charge on any atom is 0.275 e. The molecule has 3 heterocycles. The van der Waals surface area contributed by atoms with Crippen LogP contribution in [0.15, 0.2) is 54.0 Å². The summed E-state index contributed by atoms with van der Waals surface area (Å²) in [5.41, 5.74) is 5.73. The van der Waals surface area contributed by atoms with E-state index in [1.165, 1.54) is 33.8 Å². The summed E-state index contributed by atoms with van der Waals surface area (Å²) in [6.45, 7) is 4.10. The Bertz CT molecular complexity index is 1330. The molecule has 138 valence electrons. The number of imidazole rings is 1. The third kappa shape index (κ3) is 2.98. The molecule has 3 aromatic heterocycles. The molecule has 7 heteroatoms. The van der Waals surface area contributed by atoms with Gasteiger partial charge in [0.05, 0.1) is 15.9 Å². The van der Waals surface area contributed by atoms with Crippen LogP contribution in [0.3, 0.4) is 0 Å². The van der Waals surface area contributed by atoms with Gasteiger partial charge < -0.3 is 0 Å². The molecule has 28 heavy (non-hydrogen) atoms. The average molecular weight is 405 g/mol. The number of carbonyl (C=O) groups excluding carboxylic acids is 1. The molecule has 5 nitrogen and oxygen atoms in total. The van der Waals surface area contributed by atoms with Crippen molar-refractivity contribution in [1.29, 1.82) is 0 Å². The van der Waals surface area contributed by atoms with Gasteiger partial charge in [0.15, 0.2) is 10.1 Å². The Morgan fingerprint density at radius 1 is 1.04 bits per heavy atom. The summed E-state index contributed by atoms with van der Waals surface area (Å²) in [5, 5.41) is 5.36. The van der Waals surface area contributed by atoms with Crippen molar-refractivity contribution in [3.63, 3.8) is 0 Å². The van der Waals surface area contributed by atoms with Gasteiger partial charge in [0.25, 0.3) is 5.91 Å². The van der Waals surface area contributed by atoms with Gasteiger partial charge in [-0.3, -0.25) is 14.5 Å². The van der Waals surface area contributed by atoms with E-state index in [4.69, 9.17) is 0 Å². The van der Waals surface area contributed by atoms with Gasteiger partial charge in [-0.1, -0.05) is 47.2 Å². The Hall–Kier alpha value is -3.03. The van der Waals surface area contributed by atoms with Crippen LogP contribution in [-0.2, 0) is 0 Å². The Balaban J connectivity index is 1.46. The first kappa shape index (κ1) is 17.1. The van der Waals surface area contributed by atoms with Crippen molar-refractivity contribution in [2.24, 2.45) is 0 Å². The number of amides is 1. The first-order chi connectivity index (χ1) is 13.6. The van der Waals surface area contributed by atoms with E-state index >= 15 is 0 Å². The van der Waals surface area contributed by atoms with E-state index in [9.17, 15) is 4.79 Å². The second-order valence-corrected chi connectivity index (χ2v) is 8.58. The molecule has 0 saturated carbocycles. The molecule has 0 unspecified atom stereocenters. The highest BCUT2D eigenvalue weighted by atomic mass is 32.1. The van der Waals surface area contributed by atoms with Crippen molar-refractivity contribution < 1.29 is 4.79 Å². The van der Waals surface area contributed by atoms with E-state index in [-0.39, 0.29) is 5.91 Å². The highest BCUT2D eigenvalue weighted by molar-refractivity contribution is 7.22. The van der Waals surface area contributed by atoms with Gasteiger partial charge in [-0.2, -0.15) is 0 Å². The zero-order valence-corrected chi connectivity index (χ0v) is 16.9. The number of thiazole rings is 2. The monoisotopic (exact) mass is 404 g/mol. The predicted octanol–water partition coefficient (Wildman–Crippen LogP) is 5.54. The highest BCUT2D eigenvalue weighted by Gasteiger charge is 2.17.